The van der Waals surface area contributed by atoms with Crippen molar-refractivity contribution in [1.29, 1.82) is 5.26 Å². The number of nitriles is 1. The summed E-state index contributed by atoms with van der Waals surface area (Å²) in [6.45, 7) is 6.99. The molecular formula is C14H20N4. The normalized spacial score (nSPS) is 18.6. The van der Waals surface area contributed by atoms with Gasteiger partial charge in [0.2, 0.25) is 0 Å². The molecule has 0 aliphatic carbocycles. The lowest BCUT2D eigenvalue weighted by Gasteiger charge is -2.26. The van der Waals surface area contributed by atoms with Crippen molar-refractivity contribution in [2.24, 2.45) is 0 Å². The van der Waals surface area contributed by atoms with Crippen LogP contribution in [0.1, 0.15) is 30.9 Å². The summed E-state index contributed by atoms with van der Waals surface area (Å²) in [5.41, 5.74) is 1.71. The summed E-state index contributed by atoms with van der Waals surface area (Å²) in [4.78, 5) is 6.60. The van der Waals surface area contributed by atoms with Crippen LogP contribution in [-0.2, 0) is 0 Å². The monoisotopic (exact) mass is 244 g/mol. The molecule has 0 aromatic carbocycles. The molecule has 18 heavy (non-hydrogen) atoms. The van der Waals surface area contributed by atoms with Gasteiger partial charge in [-0.05, 0) is 44.9 Å². The van der Waals surface area contributed by atoms with Crippen molar-refractivity contribution in [1.82, 2.24) is 10.3 Å². The first kappa shape index (κ1) is 12.8. The number of likely N-dealkylation sites (N-methyl/N-ethyl adjacent to an activating group) is 1. The zero-order chi connectivity index (χ0) is 13.0. The van der Waals surface area contributed by atoms with Crippen LogP contribution >= 0.6 is 0 Å². The number of pyridine rings is 1. The van der Waals surface area contributed by atoms with Gasteiger partial charge in [-0.3, -0.25) is 0 Å². The molecule has 1 aromatic heterocycles. The maximum Gasteiger partial charge on any atom is 0.146 e. The van der Waals surface area contributed by atoms with Crippen LogP contribution in [0.2, 0.25) is 0 Å². The molecule has 1 atom stereocenters. The van der Waals surface area contributed by atoms with Crippen molar-refractivity contribution in [3.8, 4) is 6.07 Å². The van der Waals surface area contributed by atoms with Gasteiger partial charge >= 0.3 is 0 Å². The predicted octanol–water partition coefficient (Wildman–Crippen LogP) is 1.84. The van der Waals surface area contributed by atoms with E-state index in [0.29, 0.717) is 11.6 Å². The highest BCUT2D eigenvalue weighted by Gasteiger charge is 2.20. The summed E-state index contributed by atoms with van der Waals surface area (Å²) >= 11 is 0. The van der Waals surface area contributed by atoms with E-state index in [9.17, 15) is 5.26 Å². The lowest BCUT2D eigenvalue weighted by atomic mass is 10.1. The Morgan fingerprint density at radius 3 is 3.06 bits per heavy atom. The van der Waals surface area contributed by atoms with E-state index in [2.05, 4.69) is 28.2 Å². The lowest BCUT2D eigenvalue weighted by Crippen LogP contribution is -2.38. The maximum absolute atomic E-state index is 9.27. The minimum atomic E-state index is 0.527. The van der Waals surface area contributed by atoms with Crippen molar-refractivity contribution in [3.63, 3.8) is 0 Å². The van der Waals surface area contributed by atoms with Crippen molar-refractivity contribution in [2.45, 2.75) is 32.7 Å². The van der Waals surface area contributed by atoms with Gasteiger partial charge in [0, 0.05) is 25.3 Å². The molecule has 96 valence electrons. The highest BCUT2D eigenvalue weighted by Crippen LogP contribution is 2.21. The molecule has 1 unspecified atom stereocenters. The second-order valence-corrected chi connectivity index (χ2v) is 4.77. The largest absolute Gasteiger partial charge is 0.354 e. The van der Waals surface area contributed by atoms with E-state index in [1.807, 2.05) is 13.0 Å². The number of nitrogens with zero attached hydrogens (tertiary/aromatic N) is 3. The van der Waals surface area contributed by atoms with Crippen LogP contribution in [0.25, 0.3) is 0 Å². The number of aryl methyl sites for hydroxylation is 1. The molecule has 0 bridgehead atoms. The van der Waals surface area contributed by atoms with E-state index in [0.717, 1.165) is 31.0 Å². The predicted molar refractivity (Wildman–Crippen MR) is 72.6 cm³/mol. The Kier molecular flexibility index (Phi) is 4.16. The summed E-state index contributed by atoms with van der Waals surface area (Å²) < 4.78 is 0. The van der Waals surface area contributed by atoms with Gasteiger partial charge in [-0.1, -0.05) is 0 Å². The summed E-state index contributed by atoms with van der Waals surface area (Å²) in [5, 5.41) is 12.8. The molecule has 2 rings (SSSR count). The van der Waals surface area contributed by atoms with Crippen LogP contribution < -0.4 is 10.2 Å². The smallest absolute Gasteiger partial charge is 0.146 e. The first-order valence-electron chi connectivity index (χ1n) is 6.60. The first-order chi connectivity index (χ1) is 8.76. The van der Waals surface area contributed by atoms with E-state index in [1.54, 1.807) is 6.20 Å². The summed E-state index contributed by atoms with van der Waals surface area (Å²) in [5.74, 6) is 0.828. The number of anilines is 1. The Balaban J connectivity index is 2.21. The number of aromatic nitrogens is 1. The van der Waals surface area contributed by atoms with E-state index in [4.69, 9.17) is 0 Å². The molecule has 1 aliphatic heterocycles. The molecule has 0 spiro atoms. The number of nitrogens with one attached hydrogen (secondary N) is 1. The van der Waals surface area contributed by atoms with Crippen molar-refractivity contribution in [2.75, 3.05) is 24.5 Å². The molecule has 0 saturated carbocycles. The fourth-order valence-electron chi connectivity index (χ4n) is 2.47. The fraction of sp³-hybridized carbons (Fsp3) is 0.571. The maximum atomic E-state index is 9.27. The third-order valence-corrected chi connectivity index (χ3v) is 3.54. The Morgan fingerprint density at radius 1 is 1.61 bits per heavy atom. The molecule has 0 radical (unpaired) electrons. The summed E-state index contributed by atoms with van der Waals surface area (Å²) in [7, 11) is 0. The molecule has 2 heterocycles. The Hall–Kier alpha value is -1.60. The van der Waals surface area contributed by atoms with E-state index in [1.165, 1.54) is 12.8 Å². The summed E-state index contributed by atoms with van der Waals surface area (Å²) in [6, 6.07) is 4.70. The van der Waals surface area contributed by atoms with Crippen molar-refractivity contribution < 1.29 is 0 Å². The van der Waals surface area contributed by atoms with Gasteiger partial charge in [0.15, 0.2) is 0 Å². The third kappa shape index (κ3) is 2.62. The summed E-state index contributed by atoms with van der Waals surface area (Å²) in [6.07, 6.45) is 4.25. The van der Waals surface area contributed by atoms with E-state index in [-0.39, 0.29) is 0 Å². The second kappa shape index (κ2) is 5.83. The molecule has 1 aromatic rings. The van der Waals surface area contributed by atoms with Gasteiger partial charge in [0.1, 0.15) is 11.9 Å². The van der Waals surface area contributed by atoms with Crippen molar-refractivity contribution in [3.05, 3.63) is 23.4 Å². The Bertz CT molecular complexity index is 444. The highest BCUT2D eigenvalue weighted by molar-refractivity contribution is 5.57. The van der Waals surface area contributed by atoms with Crippen LogP contribution in [0.15, 0.2) is 12.3 Å². The number of hydrogen-bond donors (Lipinski definition) is 1. The molecule has 1 N–H and O–H groups in total. The average Bonchev–Trinajstić information content (AvgIpc) is 2.88. The molecule has 1 aliphatic rings. The van der Waals surface area contributed by atoms with Gasteiger partial charge in [-0.25, -0.2) is 4.98 Å². The molecule has 1 fully saturated rings. The molecule has 1 saturated heterocycles. The third-order valence-electron chi connectivity index (χ3n) is 3.54. The van der Waals surface area contributed by atoms with Gasteiger partial charge in [0.05, 0.1) is 5.56 Å². The van der Waals surface area contributed by atoms with Crippen LogP contribution in [0.3, 0.4) is 0 Å². The molecule has 4 heteroatoms. The lowest BCUT2D eigenvalue weighted by molar-refractivity contribution is 0.583. The van der Waals surface area contributed by atoms with Crippen LogP contribution in [0.5, 0.6) is 0 Å². The van der Waals surface area contributed by atoms with Crippen LogP contribution in [0, 0.1) is 18.3 Å². The zero-order valence-electron chi connectivity index (χ0n) is 11.1. The first-order valence-corrected chi connectivity index (χ1v) is 6.60. The van der Waals surface area contributed by atoms with Gasteiger partial charge in [0.25, 0.3) is 0 Å². The van der Waals surface area contributed by atoms with E-state index >= 15 is 0 Å². The quantitative estimate of drug-likeness (QED) is 0.878. The fourth-order valence-corrected chi connectivity index (χ4v) is 2.47. The highest BCUT2D eigenvalue weighted by atomic mass is 15.2. The van der Waals surface area contributed by atoms with Crippen LogP contribution in [-0.4, -0.2) is 30.7 Å². The van der Waals surface area contributed by atoms with Gasteiger partial charge < -0.3 is 10.2 Å². The van der Waals surface area contributed by atoms with Gasteiger partial charge in [-0.2, -0.15) is 5.26 Å². The van der Waals surface area contributed by atoms with Crippen molar-refractivity contribution >= 4 is 5.82 Å². The number of hydrogen-bond acceptors (Lipinski definition) is 4. The minimum Gasteiger partial charge on any atom is -0.354 e. The topological polar surface area (TPSA) is 52.0 Å². The number of rotatable bonds is 4. The van der Waals surface area contributed by atoms with Crippen LogP contribution in [0.4, 0.5) is 5.82 Å². The zero-order valence-corrected chi connectivity index (χ0v) is 11.1. The minimum absolute atomic E-state index is 0.527. The molecular weight excluding hydrogens is 224 g/mol. The Labute approximate surface area is 109 Å². The van der Waals surface area contributed by atoms with Gasteiger partial charge in [-0.15, -0.1) is 0 Å². The SMILES string of the molecule is CCN(CC1CCCN1)c1nccc(C)c1C#N. The average molecular weight is 244 g/mol. The van der Waals surface area contributed by atoms with E-state index < -0.39 is 0 Å². The second-order valence-electron chi connectivity index (χ2n) is 4.77. The molecule has 4 nitrogen and oxygen atoms in total. The standard InChI is InChI=1S/C14H20N4/c1-3-18(10-12-5-4-7-16-12)14-13(9-15)11(2)6-8-17-14/h6,8,12,16H,3-5,7,10H2,1-2H3. The molecule has 0 amide bonds. The Morgan fingerprint density at radius 2 is 2.44 bits per heavy atom.